The van der Waals surface area contributed by atoms with Gasteiger partial charge in [0.05, 0.1) is 11.6 Å². The SMILES string of the molecule is CCC(=O)N1CCc2cc(Br)cc(S(=O)(=O)N3CCC[C@H](C(=O)N[C@H]4CCCC[C@@H]4C)C3)c21. The van der Waals surface area contributed by atoms with Gasteiger partial charge in [-0.25, -0.2) is 8.42 Å². The lowest BCUT2D eigenvalue weighted by atomic mass is 9.85. The number of hydrogen-bond donors (Lipinski definition) is 1. The lowest BCUT2D eigenvalue weighted by molar-refractivity contribution is -0.127. The number of halogens is 1. The molecule has 1 aliphatic carbocycles. The summed E-state index contributed by atoms with van der Waals surface area (Å²) >= 11 is 3.45. The Hall–Kier alpha value is -1.45. The van der Waals surface area contributed by atoms with Crippen molar-refractivity contribution < 1.29 is 18.0 Å². The van der Waals surface area contributed by atoms with Gasteiger partial charge in [0.15, 0.2) is 0 Å². The van der Waals surface area contributed by atoms with Gasteiger partial charge in [-0.15, -0.1) is 0 Å². The summed E-state index contributed by atoms with van der Waals surface area (Å²) in [5, 5.41) is 3.21. The molecule has 7 nitrogen and oxygen atoms in total. The lowest BCUT2D eigenvalue weighted by Gasteiger charge is -2.35. The maximum absolute atomic E-state index is 13.8. The van der Waals surface area contributed by atoms with Crippen molar-refractivity contribution in [3.05, 3.63) is 22.2 Å². The number of sulfonamides is 1. The molecule has 9 heteroatoms. The molecule has 2 amide bonds. The molecule has 2 fully saturated rings. The molecule has 0 aromatic heterocycles. The van der Waals surface area contributed by atoms with Crippen molar-refractivity contribution in [1.82, 2.24) is 9.62 Å². The predicted octanol–water partition coefficient (Wildman–Crippen LogP) is 3.84. The lowest BCUT2D eigenvalue weighted by Crippen LogP contribution is -2.49. The van der Waals surface area contributed by atoms with Gasteiger partial charge in [0.1, 0.15) is 4.90 Å². The zero-order chi connectivity index (χ0) is 23.8. The summed E-state index contributed by atoms with van der Waals surface area (Å²) in [6.07, 6.45) is 6.73. The Balaban J connectivity index is 1.57. The second kappa shape index (κ2) is 10.0. The van der Waals surface area contributed by atoms with Crippen molar-refractivity contribution in [2.45, 2.75) is 76.2 Å². The number of carbonyl (C=O) groups is 2. The number of benzene rings is 1. The van der Waals surface area contributed by atoms with E-state index in [1.165, 1.54) is 10.7 Å². The fourth-order valence-corrected chi connectivity index (χ4v) is 7.89. The number of nitrogens with one attached hydrogen (secondary N) is 1. The molecule has 0 spiro atoms. The van der Waals surface area contributed by atoms with Gasteiger partial charge in [0.2, 0.25) is 21.8 Å². The van der Waals surface area contributed by atoms with E-state index in [9.17, 15) is 18.0 Å². The van der Waals surface area contributed by atoms with Gasteiger partial charge in [-0.05, 0) is 55.7 Å². The quantitative estimate of drug-likeness (QED) is 0.615. The van der Waals surface area contributed by atoms with Crippen LogP contribution < -0.4 is 10.2 Å². The minimum atomic E-state index is -3.87. The molecule has 3 atom stereocenters. The second-order valence-corrected chi connectivity index (χ2v) is 12.5. The highest BCUT2D eigenvalue weighted by atomic mass is 79.9. The normalized spacial score (nSPS) is 26.2. The highest BCUT2D eigenvalue weighted by Gasteiger charge is 2.38. The molecule has 0 bridgehead atoms. The van der Waals surface area contributed by atoms with Gasteiger partial charge in [-0.1, -0.05) is 42.6 Å². The van der Waals surface area contributed by atoms with E-state index in [1.54, 1.807) is 17.9 Å². The van der Waals surface area contributed by atoms with E-state index in [1.807, 2.05) is 6.07 Å². The van der Waals surface area contributed by atoms with E-state index >= 15 is 0 Å². The summed E-state index contributed by atoms with van der Waals surface area (Å²) in [6.45, 7) is 5.02. The number of amides is 2. The van der Waals surface area contributed by atoms with Crippen molar-refractivity contribution in [1.29, 1.82) is 0 Å². The van der Waals surface area contributed by atoms with Crippen molar-refractivity contribution in [3.63, 3.8) is 0 Å². The van der Waals surface area contributed by atoms with Gasteiger partial charge in [0, 0.05) is 36.6 Å². The first-order valence-electron chi connectivity index (χ1n) is 12.2. The molecule has 2 aliphatic heterocycles. The number of fused-ring (bicyclic) bond motifs is 1. The standard InChI is InChI=1S/C24H34BrN3O4S/c1-3-22(29)28-12-10-17-13-19(25)14-21(23(17)28)33(31,32)27-11-6-8-18(15-27)24(30)26-20-9-5-4-7-16(20)2/h13-14,16,18,20H,3-12,15H2,1-2H3,(H,26,30)/t16-,18-,20-/m0/s1. The molecule has 2 heterocycles. The molecular weight excluding hydrogens is 506 g/mol. The van der Waals surface area contributed by atoms with E-state index in [2.05, 4.69) is 28.2 Å². The van der Waals surface area contributed by atoms with Crippen LogP contribution in [0.1, 0.15) is 64.4 Å². The molecule has 4 rings (SSSR count). The summed E-state index contributed by atoms with van der Waals surface area (Å²) in [6, 6.07) is 3.68. The summed E-state index contributed by atoms with van der Waals surface area (Å²) in [4.78, 5) is 27.3. The molecule has 33 heavy (non-hydrogen) atoms. The van der Waals surface area contributed by atoms with E-state index < -0.39 is 10.0 Å². The first kappa shape index (κ1) is 24.7. The Kier molecular flexibility index (Phi) is 7.50. The maximum atomic E-state index is 13.8. The molecule has 0 unspecified atom stereocenters. The highest BCUT2D eigenvalue weighted by molar-refractivity contribution is 9.10. The molecular formula is C24H34BrN3O4S. The minimum absolute atomic E-state index is 0.0316. The Morgan fingerprint density at radius 2 is 1.88 bits per heavy atom. The van der Waals surface area contributed by atoms with Gasteiger partial charge >= 0.3 is 0 Å². The molecule has 1 aromatic carbocycles. The van der Waals surface area contributed by atoms with Crippen LogP contribution in [0.5, 0.6) is 0 Å². The average molecular weight is 541 g/mol. The summed E-state index contributed by atoms with van der Waals surface area (Å²) in [5.41, 5.74) is 1.37. The maximum Gasteiger partial charge on any atom is 0.245 e. The number of piperidine rings is 1. The van der Waals surface area contributed by atoms with Gasteiger partial charge in [-0.3, -0.25) is 9.59 Å². The number of hydrogen-bond acceptors (Lipinski definition) is 4. The van der Waals surface area contributed by atoms with Crippen LogP contribution in [0.2, 0.25) is 0 Å². The number of carbonyl (C=O) groups excluding carboxylic acids is 2. The predicted molar refractivity (Wildman–Crippen MR) is 132 cm³/mol. The van der Waals surface area contributed by atoms with Crippen LogP contribution in [0.3, 0.4) is 0 Å². The van der Waals surface area contributed by atoms with Gasteiger partial charge < -0.3 is 10.2 Å². The minimum Gasteiger partial charge on any atom is -0.353 e. The van der Waals surface area contributed by atoms with E-state index in [4.69, 9.17) is 0 Å². The molecule has 1 saturated heterocycles. The van der Waals surface area contributed by atoms with Crippen molar-refractivity contribution in [2.24, 2.45) is 11.8 Å². The number of rotatable bonds is 5. The van der Waals surface area contributed by atoms with Crippen LogP contribution in [0, 0.1) is 11.8 Å². The molecule has 1 aromatic rings. The van der Waals surface area contributed by atoms with Crippen LogP contribution in [-0.4, -0.2) is 50.2 Å². The second-order valence-electron chi connectivity index (χ2n) is 9.64. The molecule has 1 N–H and O–H groups in total. The van der Waals surface area contributed by atoms with E-state index in [0.717, 1.165) is 24.8 Å². The number of nitrogens with zero attached hydrogens (tertiary/aromatic N) is 2. The largest absolute Gasteiger partial charge is 0.353 e. The van der Waals surface area contributed by atoms with Crippen LogP contribution in [-0.2, 0) is 26.0 Å². The van der Waals surface area contributed by atoms with Crippen LogP contribution >= 0.6 is 15.9 Å². The van der Waals surface area contributed by atoms with Gasteiger partial charge in [0.25, 0.3) is 0 Å². The van der Waals surface area contributed by atoms with Crippen LogP contribution in [0.25, 0.3) is 0 Å². The Morgan fingerprint density at radius 1 is 1.12 bits per heavy atom. The first-order valence-corrected chi connectivity index (χ1v) is 14.4. The Bertz CT molecular complexity index is 1030. The van der Waals surface area contributed by atoms with Crippen molar-refractivity contribution in [3.8, 4) is 0 Å². The van der Waals surface area contributed by atoms with Crippen LogP contribution in [0.15, 0.2) is 21.5 Å². The molecule has 1 saturated carbocycles. The zero-order valence-corrected chi connectivity index (χ0v) is 21.9. The Labute approximate surface area is 205 Å². The van der Waals surface area contributed by atoms with Crippen LogP contribution in [0.4, 0.5) is 5.69 Å². The summed E-state index contributed by atoms with van der Waals surface area (Å²) < 4.78 is 29.7. The summed E-state index contributed by atoms with van der Waals surface area (Å²) in [5.74, 6) is -0.00497. The van der Waals surface area contributed by atoms with Crippen molar-refractivity contribution >= 4 is 43.5 Å². The van der Waals surface area contributed by atoms with E-state index in [-0.39, 0.29) is 35.2 Å². The third-order valence-electron chi connectivity index (χ3n) is 7.41. The average Bonchev–Trinajstić information content (AvgIpc) is 3.23. The topological polar surface area (TPSA) is 86.8 Å². The summed E-state index contributed by atoms with van der Waals surface area (Å²) in [7, 11) is -3.87. The third-order valence-corrected chi connectivity index (χ3v) is 9.75. The van der Waals surface area contributed by atoms with Gasteiger partial charge in [-0.2, -0.15) is 4.31 Å². The van der Waals surface area contributed by atoms with E-state index in [0.29, 0.717) is 54.9 Å². The zero-order valence-electron chi connectivity index (χ0n) is 19.5. The number of anilines is 1. The monoisotopic (exact) mass is 539 g/mol. The fourth-order valence-electron chi connectivity index (χ4n) is 5.45. The molecule has 182 valence electrons. The Morgan fingerprint density at radius 3 is 2.61 bits per heavy atom. The first-order chi connectivity index (χ1) is 15.7. The molecule has 0 radical (unpaired) electrons. The fraction of sp³-hybridized carbons (Fsp3) is 0.667. The smallest absolute Gasteiger partial charge is 0.245 e. The molecule has 3 aliphatic rings. The van der Waals surface area contributed by atoms with Crippen molar-refractivity contribution in [2.75, 3.05) is 24.5 Å². The third kappa shape index (κ3) is 5.00. The highest BCUT2D eigenvalue weighted by Crippen LogP contribution is 2.40.